The Hall–Kier alpha value is -4.50. The molecule has 0 aliphatic rings. The molecule has 9 heteroatoms. The van der Waals surface area contributed by atoms with Gasteiger partial charge in [0, 0.05) is 23.4 Å². The van der Waals surface area contributed by atoms with Crippen LogP contribution in [0, 0.1) is 6.92 Å². The molecule has 4 aromatic carbocycles. The summed E-state index contributed by atoms with van der Waals surface area (Å²) in [5, 5.41) is 33.8. The lowest BCUT2D eigenvalue weighted by molar-refractivity contribution is 0.102. The molecule has 0 saturated heterocycles. The van der Waals surface area contributed by atoms with Crippen LogP contribution in [0.25, 0.3) is 0 Å². The van der Waals surface area contributed by atoms with Crippen molar-refractivity contribution in [2.24, 2.45) is 0 Å². The third-order valence-electron chi connectivity index (χ3n) is 6.32. The van der Waals surface area contributed by atoms with Gasteiger partial charge in [0.05, 0.1) is 10.5 Å². The zero-order valence-corrected chi connectivity index (χ0v) is 22.6. The van der Waals surface area contributed by atoms with Crippen molar-refractivity contribution in [2.75, 3.05) is 10.0 Å². The highest BCUT2D eigenvalue weighted by Crippen LogP contribution is 2.42. The van der Waals surface area contributed by atoms with Gasteiger partial charge in [0.2, 0.25) is 5.75 Å². The van der Waals surface area contributed by atoms with E-state index in [0.29, 0.717) is 5.69 Å². The van der Waals surface area contributed by atoms with Gasteiger partial charge in [-0.25, -0.2) is 8.42 Å². The van der Waals surface area contributed by atoms with Crippen molar-refractivity contribution in [3.8, 4) is 17.2 Å². The van der Waals surface area contributed by atoms with Crippen LogP contribution in [0.4, 0.5) is 11.4 Å². The topological polar surface area (TPSA) is 136 Å². The summed E-state index contributed by atoms with van der Waals surface area (Å²) in [5.41, 5.74) is 3.61. The number of phenolic OH excluding ortho intramolecular Hbond substituents is 3. The number of aryl methyl sites for hydroxylation is 1. The van der Waals surface area contributed by atoms with Gasteiger partial charge < -0.3 is 20.6 Å². The molecular formula is C30H30N2O6S. The highest BCUT2D eigenvalue weighted by atomic mass is 32.2. The van der Waals surface area contributed by atoms with Crippen LogP contribution in [0.2, 0.25) is 0 Å². The van der Waals surface area contributed by atoms with Crippen molar-refractivity contribution < 1.29 is 28.5 Å². The molecule has 0 aliphatic carbocycles. The Morgan fingerprint density at radius 3 is 2.15 bits per heavy atom. The van der Waals surface area contributed by atoms with Gasteiger partial charge in [-0.3, -0.25) is 9.52 Å². The Morgan fingerprint density at radius 1 is 0.795 bits per heavy atom. The molecule has 0 aliphatic heterocycles. The average molecular weight is 547 g/mol. The minimum Gasteiger partial charge on any atom is -0.504 e. The third kappa shape index (κ3) is 6.15. The summed E-state index contributed by atoms with van der Waals surface area (Å²) < 4.78 is 28.0. The van der Waals surface area contributed by atoms with Gasteiger partial charge in [0.25, 0.3) is 15.9 Å². The average Bonchev–Trinajstić information content (AvgIpc) is 2.89. The normalized spacial score (nSPS) is 11.4. The van der Waals surface area contributed by atoms with Gasteiger partial charge >= 0.3 is 0 Å². The predicted octanol–water partition coefficient (Wildman–Crippen LogP) is 5.88. The van der Waals surface area contributed by atoms with Crippen LogP contribution >= 0.6 is 0 Å². The highest BCUT2D eigenvalue weighted by Gasteiger charge is 2.23. The molecular weight excluding hydrogens is 516 g/mol. The number of anilines is 2. The summed E-state index contributed by atoms with van der Waals surface area (Å²) in [4.78, 5) is 13.0. The molecule has 4 rings (SSSR count). The number of hydrogen-bond acceptors (Lipinski definition) is 6. The van der Waals surface area contributed by atoms with Gasteiger partial charge in [-0.15, -0.1) is 0 Å². The van der Waals surface area contributed by atoms with E-state index in [9.17, 15) is 28.5 Å². The fourth-order valence-corrected chi connectivity index (χ4v) is 5.36. The molecule has 39 heavy (non-hydrogen) atoms. The first-order chi connectivity index (χ1) is 18.5. The van der Waals surface area contributed by atoms with Crippen LogP contribution in [0.1, 0.15) is 52.4 Å². The maximum atomic E-state index is 13.0. The van der Waals surface area contributed by atoms with Crippen LogP contribution in [0.5, 0.6) is 17.2 Å². The minimum absolute atomic E-state index is 0.00163. The maximum Gasteiger partial charge on any atom is 0.261 e. The number of carbonyl (C=O) groups is 1. The third-order valence-corrected chi connectivity index (χ3v) is 7.72. The standard InChI is InChI=1S/C30H30N2O6S/c1-18(2)25-10-5-4-8-20(25)16-21-17-26(28(34)29(35)27(21)33)30(36)31-22-11-13-24(14-12-22)39(37,38)32-23-9-6-7-19(3)15-23/h4-15,17-18,32-35H,16H2,1-3H3,(H,31,36). The first-order valence-corrected chi connectivity index (χ1v) is 13.8. The van der Waals surface area contributed by atoms with Crippen LogP contribution in [0.3, 0.4) is 0 Å². The lowest BCUT2D eigenvalue weighted by atomic mass is 9.92. The highest BCUT2D eigenvalue weighted by molar-refractivity contribution is 7.92. The molecule has 0 unspecified atom stereocenters. The molecule has 0 atom stereocenters. The van der Waals surface area contributed by atoms with Crippen LogP contribution in [-0.4, -0.2) is 29.6 Å². The van der Waals surface area contributed by atoms with E-state index in [1.165, 1.54) is 30.3 Å². The first-order valence-electron chi connectivity index (χ1n) is 12.3. The quantitative estimate of drug-likeness (QED) is 0.175. The van der Waals surface area contributed by atoms with E-state index < -0.39 is 33.2 Å². The van der Waals surface area contributed by atoms with E-state index in [1.807, 2.05) is 51.1 Å². The first kappa shape index (κ1) is 27.5. The lowest BCUT2D eigenvalue weighted by Crippen LogP contribution is -2.14. The van der Waals surface area contributed by atoms with Gasteiger partial charge in [-0.1, -0.05) is 50.2 Å². The van der Waals surface area contributed by atoms with Gasteiger partial charge in [0.1, 0.15) is 0 Å². The number of phenols is 3. The number of sulfonamides is 1. The zero-order valence-electron chi connectivity index (χ0n) is 21.8. The number of aromatic hydroxyl groups is 3. The fraction of sp³-hybridized carbons (Fsp3) is 0.167. The Labute approximate surface area is 227 Å². The molecule has 8 nitrogen and oxygen atoms in total. The predicted molar refractivity (Wildman–Crippen MR) is 151 cm³/mol. The number of rotatable bonds is 8. The molecule has 4 aromatic rings. The van der Waals surface area contributed by atoms with E-state index in [4.69, 9.17) is 0 Å². The van der Waals surface area contributed by atoms with Crippen LogP contribution in [0.15, 0.2) is 83.8 Å². The lowest BCUT2D eigenvalue weighted by Gasteiger charge is -2.16. The Morgan fingerprint density at radius 2 is 1.49 bits per heavy atom. The summed E-state index contributed by atoms with van der Waals surface area (Å²) in [7, 11) is -3.85. The molecule has 0 aromatic heterocycles. The SMILES string of the molecule is Cc1cccc(NS(=O)(=O)c2ccc(NC(=O)c3cc(Cc4ccccc4C(C)C)c(O)c(O)c3O)cc2)c1. The van der Waals surface area contributed by atoms with Crippen LogP contribution < -0.4 is 10.0 Å². The van der Waals surface area contributed by atoms with Crippen molar-refractivity contribution >= 4 is 27.3 Å². The summed E-state index contributed by atoms with van der Waals surface area (Å²) in [6.45, 7) is 5.94. The van der Waals surface area contributed by atoms with Crippen molar-refractivity contribution in [1.82, 2.24) is 0 Å². The molecule has 0 saturated carbocycles. The van der Waals surface area contributed by atoms with E-state index in [-0.39, 0.29) is 34.0 Å². The molecule has 0 heterocycles. The number of hydrogen-bond donors (Lipinski definition) is 5. The van der Waals surface area contributed by atoms with Crippen molar-refractivity contribution in [2.45, 2.75) is 38.0 Å². The number of carbonyl (C=O) groups excluding carboxylic acids is 1. The van der Waals surface area contributed by atoms with Crippen molar-refractivity contribution in [3.63, 3.8) is 0 Å². The largest absolute Gasteiger partial charge is 0.504 e. The zero-order chi connectivity index (χ0) is 28.3. The number of nitrogens with one attached hydrogen (secondary N) is 2. The molecule has 5 N–H and O–H groups in total. The summed E-state index contributed by atoms with van der Waals surface area (Å²) in [5.74, 6) is -2.57. The van der Waals surface area contributed by atoms with Gasteiger partial charge in [-0.05, 0) is 72.0 Å². The molecule has 202 valence electrons. The monoisotopic (exact) mass is 546 g/mol. The van der Waals surface area contributed by atoms with Crippen LogP contribution in [-0.2, 0) is 16.4 Å². The van der Waals surface area contributed by atoms with Crippen molar-refractivity contribution in [3.05, 3.63) is 107 Å². The minimum atomic E-state index is -3.85. The Balaban J connectivity index is 1.56. The second-order valence-corrected chi connectivity index (χ2v) is 11.3. The summed E-state index contributed by atoms with van der Waals surface area (Å²) >= 11 is 0. The van der Waals surface area contributed by atoms with E-state index in [2.05, 4.69) is 10.0 Å². The smallest absolute Gasteiger partial charge is 0.261 e. The second kappa shape index (κ2) is 11.1. The Bertz CT molecular complexity index is 1630. The molecule has 0 bridgehead atoms. The maximum absolute atomic E-state index is 13.0. The number of benzene rings is 4. The molecule has 1 amide bonds. The Kier molecular flexibility index (Phi) is 7.83. The molecule has 0 fully saturated rings. The van der Waals surface area contributed by atoms with Crippen molar-refractivity contribution in [1.29, 1.82) is 0 Å². The fourth-order valence-electron chi connectivity index (χ4n) is 4.31. The second-order valence-electron chi connectivity index (χ2n) is 9.61. The van der Waals surface area contributed by atoms with Gasteiger partial charge in [-0.2, -0.15) is 0 Å². The molecule has 0 spiro atoms. The summed E-state index contributed by atoms with van der Waals surface area (Å²) in [6.07, 6.45) is 0.231. The summed E-state index contributed by atoms with van der Waals surface area (Å²) in [6, 6.07) is 21.5. The van der Waals surface area contributed by atoms with E-state index >= 15 is 0 Å². The van der Waals surface area contributed by atoms with Gasteiger partial charge in [0.15, 0.2) is 11.5 Å². The van der Waals surface area contributed by atoms with E-state index in [0.717, 1.165) is 16.7 Å². The van der Waals surface area contributed by atoms with E-state index in [1.54, 1.807) is 18.2 Å². The number of amides is 1. The molecule has 0 radical (unpaired) electrons.